The van der Waals surface area contributed by atoms with E-state index in [4.69, 9.17) is 4.42 Å². The maximum Gasteiger partial charge on any atom is 0.244 e. The zero-order valence-corrected chi connectivity index (χ0v) is 18.8. The predicted octanol–water partition coefficient (Wildman–Crippen LogP) is 1.25. The highest BCUT2D eigenvalue weighted by molar-refractivity contribution is 7.89. The summed E-state index contributed by atoms with van der Waals surface area (Å²) in [6.07, 6.45) is 3.88. The van der Waals surface area contributed by atoms with Crippen LogP contribution in [0.5, 0.6) is 0 Å². The minimum atomic E-state index is -3.49. The summed E-state index contributed by atoms with van der Waals surface area (Å²) in [5.74, 6) is 0.516. The molecule has 164 valence electrons. The molecule has 1 amide bonds. The first kappa shape index (κ1) is 23.8. The number of benzene rings is 1. The molecule has 0 saturated carbocycles. The third-order valence-electron chi connectivity index (χ3n) is 4.19. The van der Waals surface area contributed by atoms with E-state index >= 15 is 0 Å². The molecule has 1 N–H and O–H groups in total. The van der Waals surface area contributed by atoms with Gasteiger partial charge in [-0.3, -0.25) is 4.79 Å². The lowest BCUT2D eigenvalue weighted by Gasteiger charge is -2.11. The Morgan fingerprint density at radius 2 is 1.67 bits per heavy atom. The van der Waals surface area contributed by atoms with E-state index in [1.165, 1.54) is 45.4 Å². The molecule has 1 aromatic heterocycles. The van der Waals surface area contributed by atoms with Crippen molar-refractivity contribution in [3.05, 3.63) is 59.6 Å². The van der Waals surface area contributed by atoms with Gasteiger partial charge in [0, 0.05) is 33.8 Å². The van der Waals surface area contributed by atoms with E-state index in [0.29, 0.717) is 11.5 Å². The van der Waals surface area contributed by atoms with Crippen LogP contribution in [0.3, 0.4) is 0 Å². The molecule has 2 rings (SSSR count). The largest absolute Gasteiger partial charge is 0.460 e. The first-order chi connectivity index (χ1) is 13.9. The maximum atomic E-state index is 12.0. The van der Waals surface area contributed by atoms with Gasteiger partial charge in [0.05, 0.1) is 17.7 Å². The number of nitrogens with zero attached hydrogens (tertiary/aromatic N) is 2. The molecule has 0 bridgehead atoms. The van der Waals surface area contributed by atoms with Crippen LogP contribution in [0.2, 0.25) is 0 Å². The van der Waals surface area contributed by atoms with Gasteiger partial charge in [0.25, 0.3) is 0 Å². The first-order valence-corrected chi connectivity index (χ1v) is 12.2. The Bertz CT molecular complexity index is 1120. The monoisotopic (exact) mass is 455 g/mol. The summed E-state index contributed by atoms with van der Waals surface area (Å²) in [6, 6.07) is 9.53. The summed E-state index contributed by atoms with van der Waals surface area (Å²) in [7, 11) is -2.43. The minimum Gasteiger partial charge on any atom is -0.460 e. The Morgan fingerprint density at radius 1 is 1.03 bits per heavy atom. The van der Waals surface area contributed by atoms with Gasteiger partial charge in [0.15, 0.2) is 0 Å². The molecular weight excluding hydrogens is 430 g/mol. The summed E-state index contributed by atoms with van der Waals surface area (Å²) >= 11 is 0. The van der Waals surface area contributed by atoms with Crippen molar-refractivity contribution < 1.29 is 26.0 Å². The fraction of sp³-hybridized carbons (Fsp3) is 0.316. The van der Waals surface area contributed by atoms with E-state index in [1.807, 2.05) is 0 Å². The average molecular weight is 456 g/mol. The standard InChI is InChI=1S/C19H25N3O6S2/c1-21(2)30(26,27)18-10-5-15(6-11-18)13-20-19(23)12-9-16-7-8-17(28-16)14-22(3)29(4,24)25/h5-12H,13-14H2,1-4H3,(H,20,23)/b12-9+. The molecule has 2 aromatic rings. The van der Waals surface area contributed by atoms with Crippen LogP contribution >= 0.6 is 0 Å². The van der Waals surface area contributed by atoms with Crippen molar-refractivity contribution >= 4 is 32.0 Å². The second-order valence-electron chi connectivity index (χ2n) is 6.81. The molecule has 30 heavy (non-hydrogen) atoms. The maximum absolute atomic E-state index is 12.0. The number of carbonyl (C=O) groups excluding carboxylic acids is 1. The van der Waals surface area contributed by atoms with E-state index in [2.05, 4.69) is 5.32 Å². The lowest BCUT2D eigenvalue weighted by atomic mass is 10.2. The SMILES string of the molecule is CN(Cc1ccc(/C=C/C(=O)NCc2ccc(S(=O)(=O)N(C)C)cc2)o1)S(C)(=O)=O. The normalized spacial score (nSPS) is 12.7. The molecule has 0 aliphatic rings. The van der Waals surface area contributed by atoms with Crippen molar-refractivity contribution in [3.8, 4) is 0 Å². The molecule has 0 aliphatic heterocycles. The van der Waals surface area contributed by atoms with Gasteiger partial charge in [-0.2, -0.15) is 4.31 Å². The number of nitrogens with one attached hydrogen (secondary N) is 1. The molecule has 0 radical (unpaired) electrons. The highest BCUT2D eigenvalue weighted by Crippen LogP contribution is 2.14. The van der Waals surface area contributed by atoms with Gasteiger partial charge in [-0.05, 0) is 35.9 Å². The Kier molecular flexibility index (Phi) is 7.59. The van der Waals surface area contributed by atoms with Gasteiger partial charge in [0.2, 0.25) is 26.0 Å². The van der Waals surface area contributed by atoms with Gasteiger partial charge >= 0.3 is 0 Å². The summed E-state index contributed by atoms with van der Waals surface area (Å²) < 4.78 is 54.7. The van der Waals surface area contributed by atoms with Crippen molar-refractivity contribution in [1.82, 2.24) is 13.9 Å². The number of sulfonamides is 2. The number of hydrogen-bond donors (Lipinski definition) is 1. The Morgan fingerprint density at radius 3 is 2.23 bits per heavy atom. The number of hydrogen-bond acceptors (Lipinski definition) is 6. The van der Waals surface area contributed by atoms with E-state index in [-0.39, 0.29) is 23.9 Å². The molecule has 0 spiro atoms. The van der Waals surface area contributed by atoms with E-state index in [1.54, 1.807) is 24.3 Å². The first-order valence-electron chi connectivity index (χ1n) is 8.87. The van der Waals surface area contributed by atoms with Gasteiger partial charge in [0.1, 0.15) is 11.5 Å². The van der Waals surface area contributed by atoms with Crippen molar-refractivity contribution in [2.45, 2.75) is 18.0 Å². The molecule has 0 saturated heterocycles. The average Bonchev–Trinajstić information content (AvgIpc) is 3.11. The second-order valence-corrected chi connectivity index (χ2v) is 11.0. The third-order valence-corrected chi connectivity index (χ3v) is 7.29. The Hall–Kier alpha value is -2.47. The fourth-order valence-electron chi connectivity index (χ4n) is 2.30. The van der Waals surface area contributed by atoms with Crippen LogP contribution in [0.15, 0.2) is 51.8 Å². The summed E-state index contributed by atoms with van der Waals surface area (Å²) in [5, 5.41) is 2.69. The van der Waals surface area contributed by atoms with Crippen LogP contribution in [0.25, 0.3) is 6.08 Å². The zero-order valence-electron chi connectivity index (χ0n) is 17.2. The van der Waals surface area contributed by atoms with Crippen LogP contribution in [0, 0.1) is 0 Å². The number of amides is 1. The lowest BCUT2D eigenvalue weighted by Crippen LogP contribution is -2.24. The third kappa shape index (κ3) is 6.52. The molecule has 0 atom stereocenters. The van der Waals surface area contributed by atoms with Crippen molar-refractivity contribution in [1.29, 1.82) is 0 Å². The quantitative estimate of drug-likeness (QED) is 0.569. The van der Waals surface area contributed by atoms with Crippen molar-refractivity contribution in [2.75, 3.05) is 27.4 Å². The highest BCUT2D eigenvalue weighted by Gasteiger charge is 2.16. The fourth-order valence-corrected chi connectivity index (χ4v) is 3.57. The minimum absolute atomic E-state index is 0.0956. The predicted molar refractivity (Wildman–Crippen MR) is 113 cm³/mol. The summed E-state index contributed by atoms with van der Waals surface area (Å²) in [5.41, 5.74) is 0.749. The molecular formula is C19H25N3O6S2. The number of carbonyl (C=O) groups is 1. The number of furan rings is 1. The van der Waals surface area contributed by atoms with Gasteiger partial charge < -0.3 is 9.73 Å². The number of rotatable bonds is 9. The molecule has 1 aromatic carbocycles. The second kappa shape index (κ2) is 9.56. The van der Waals surface area contributed by atoms with Crippen LogP contribution in [0.1, 0.15) is 17.1 Å². The Labute approximate surface area is 177 Å². The van der Waals surface area contributed by atoms with Gasteiger partial charge in [-0.15, -0.1) is 0 Å². The molecule has 11 heteroatoms. The van der Waals surface area contributed by atoms with Gasteiger partial charge in [-0.1, -0.05) is 12.1 Å². The summed E-state index contributed by atoms with van der Waals surface area (Å²) in [4.78, 5) is 12.2. The molecule has 1 heterocycles. The van der Waals surface area contributed by atoms with Crippen LogP contribution < -0.4 is 5.32 Å². The summed E-state index contributed by atoms with van der Waals surface area (Å²) in [6.45, 7) is 0.326. The van der Waals surface area contributed by atoms with E-state index in [0.717, 1.165) is 20.4 Å². The molecule has 9 nitrogen and oxygen atoms in total. The van der Waals surface area contributed by atoms with Crippen molar-refractivity contribution in [3.63, 3.8) is 0 Å². The highest BCUT2D eigenvalue weighted by atomic mass is 32.2. The lowest BCUT2D eigenvalue weighted by molar-refractivity contribution is -0.116. The van der Waals surface area contributed by atoms with Crippen LogP contribution in [0.4, 0.5) is 0 Å². The van der Waals surface area contributed by atoms with Crippen molar-refractivity contribution in [2.24, 2.45) is 0 Å². The topological polar surface area (TPSA) is 117 Å². The van der Waals surface area contributed by atoms with E-state index in [9.17, 15) is 21.6 Å². The van der Waals surface area contributed by atoms with E-state index < -0.39 is 20.0 Å². The van der Waals surface area contributed by atoms with Crippen LogP contribution in [-0.4, -0.2) is 58.8 Å². The molecule has 0 unspecified atom stereocenters. The van der Waals surface area contributed by atoms with Crippen LogP contribution in [-0.2, 0) is 37.9 Å². The molecule has 0 aliphatic carbocycles. The zero-order chi connectivity index (χ0) is 22.5. The smallest absolute Gasteiger partial charge is 0.244 e. The molecule has 0 fully saturated rings. The Balaban J connectivity index is 1.90. The van der Waals surface area contributed by atoms with Gasteiger partial charge in [-0.25, -0.2) is 21.1 Å².